The number of aryl methyl sites for hydroxylation is 1. The smallest absolute Gasteiger partial charge is 0.138 e. The molecule has 3 aromatic rings. The molecule has 0 radical (unpaired) electrons. The molecule has 190 valence electrons. The number of hydrogen-bond donors (Lipinski definition) is 0. The van der Waals surface area contributed by atoms with Crippen molar-refractivity contribution in [1.82, 2.24) is 4.90 Å². The Morgan fingerprint density at radius 2 is 1.67 bits per heavy atom. The molecule has 1 fully saturated rings. The van der Waals surface area contributed by atoms with E-state index in [0.29, 0.717) is 23.3 Å². The lowest BCUT2D eigenvalue weighted by molar-refractivity contribution is 0.0387. The van der Waals surface area contributed by atoms with Crippen LogP contribution < -0.4 is 4.74 Å². The topological polar surface area (TPSA) is 21.7 Å². The van der Waals surface area contributed by atoms with Gasteiger partial charge in [0.2, 0.25) is 0 Å². The lowest BCUT2D eigenvalue weighted by Crippen LogP contribution is -2.36. The van der Waals surface area contributed by atoms with Gasteiger partial charge in [-0.2, -0.15) is 0 Å². The van der Waals surface area contributed by atoms with E-state index in [2.05, 4.69) is 67.3 Å². The number of benzene rings is 3. The number of nitrogens with zero attached hydrogens (tertiary/aromatic N) is 1. The fraction of sp³-hybridized carbons (Fsp3) is 0.355. The molecule has 5 heteroatoms. The van der Waals surface area contributed by atoms with Crippen molar-refractivity contribution < 1.29 is 9.47 Å². The molecule has 3 aromatic carbocycles. The van der Waals surface area contributed by atoms with Gasteiger partial charge >= 0.3 is 0 Å². The van der Waals surface area contributed by atoms with Gasteiger partial charge in [-0.25, -0.2) is 0 Å². The van der Waals surface area contributed by atoms with Gasteiger partial charge in [-0.3, -0.25) is 4.90 Å². The number of ether oxygens (including phenoxy) is 2. The zero-order chi connectivity index (χ0) is 25.5. The van der Waals surface area contributed by atoms with Gasteiger partial charge < -0.3 is 9.47 Å². The SMILES string of the molecule is Cc1cc(OCc2cccc(-c3cccc(C=CCCN4CCOCC4)c3C)c2C)c(Cl)cc1CCl. The first-order valence-corrected chi connectivity index (χ1v) is 13.5. The van der Waals surface area contributed by atoms with Gasteiger partial charge in [0.05, 0.1) is 18.2 Å². The Morgan fingerprint density at radius 1 is 0.944 bits per heavy atom. The van der Waals surface area contributed by atoms with Crippen LogP contribution in [0.1, 0.15) is 39.8 Å². The molecule has 0 amide bonds. The lowest BCUT2D eigenvalue weighted by Gasteiger charge is -2.25. The Morgan fingerprint density at radius 3 is 2.42 bits per heavy atom. The van der Waals surface area contributed by atoms with Gasteiger partial charge in [0.25, 0.3) is 0 Å². The summed E-state index contributed by atoms with van der Waals surface area (Å²) in [4.78, 5) is 2.47. The summed E-state index contributed by atoms with van der Waals surface area (Å²) in [6.07, 6.45) is 5.60. The quantitative estimate of drug-likeness (QED) is 0.265. The highest BCUT2D eigenvalue weighted by molar-refractivity contribution is 6.32. The van der Waals surface area contributed by atoms with Crippen molar-refractivity contribution in [2.24, 2.45) is 0 Å². The van der Waals surface area contributed by atoms with Crippen LogP contribution in [-0.2, 0) is 17.2 Å². The van der Waals surface area contributed by atoms with E-state index in [1.807, 2.05) is 19.1 Å². The highest BCUT2D eigenvalue weighted by atomic mass is 35.5. The van der Waals surface area contributed by atoms with Crippen molar-refractivity contribution in [2.45, 2.75) is 39.7 Å². The zero-order valence-corrected chi connectivity index (χ0v) is 23.0. The summed E-state index contributed by atoms with van der Waals surface area (Å²) < 4.78 is 11.6. The number of hydrogen-bond acceptors (Lipinski definition) is 3. The molecule has 0 unspecified atom stereocenters. The molecule has 0 spiro atoms. The fourth-order valence-electron chi connectivity index (χ4n) is 4.66. The van der Waals surface area contributed by atoms with Crippen LogP contribution in [0.2, 0.25) is 5.02 Å². The van der Waals surface area contributed by atoms with E-state index in [9.17, 15) is 0 Å². The van der Waals surface area contributed by atoms with E-state index in [4.69, 9.17) is 32.7 Å². The van der Waals surface area contributed by atoms with Crippen LogP contribution in [0.4, 0.5) is 0 Å². The largest absolute Gasteiger partial charge is 0.487 e. The molecule has 36 heavy (non-hydrogen) atoms. The summed E-state index contributed by atoms with van der Waals surface area (Å²) in [5.41, 5.74) is 9.52. The second-order valence-electron chi connectivity index (χ2n) is 9.39. The van der Waals surface area contributed by atoms with Gasteiger partial charge in [0, 0.05) is 25.5 Å². The molecule has 0 bridgehead atoms. The minimum Gasteiger partial charge on any atom is -0.487 e. The molecule has 1 aliphatic rings. The predicted molar refractivity (Wildman–Crippen MR) is 152 cm³/mol. The van der Waals surface area contributed by atoms with Gasteiger partial charge in [-0.05, 0) is 83.8 Å². The summed E-state index contributed by atoms with van der Waals surface area (Å²) >= 11 is 12.5. The second-order valence-corrected chi connectivity index (χ2v) is 10.1. The van der Waals surface area contributed by atoms with Crippen LogP contribution in [0.5, 0.6) is 5.75 Å². The molecule has 1 aliphatic heterocycles. The van der Waals surface area contributed by atoms with Crippen molar-refractivity contribution in [2.75, 3.05) is 32.8 Å². The molecule has 0 N–H and O–H groups in total. The summed E-state index contributed by atoms with van der Waals surface area (Å²) in [6, 6.07) is 16.8. The average molecular weight is 525 g/mol. The van der Waals surface area contributed by atoms with E-state index in [1.54, 1.807) is 0 Å². The first-order chi connectivity index (χ1) is 17.5. The van der Waals surface area contributed by atoms with E-state index in [0.717, 1.165) is 56.0 Å². The van der Waals surface area contributed by atoms with Gasteiger partial charge in [0.1, 0.15) is 12.4 Å². The summed E-state index contributed by atoms with van der Waals surface area (Å²) in [5.74, 6) is 1.13. The summed E-state index contributed by atoms with van der Waals surface area (Å²) in [5, 5.41) is 0.592. The molecule has 0 aromatic heterocycles. The Kier molecular flexibility index (Phi) is 9.50. The van der Waals surface area contributed by atoms with Crippen molar-refractivity contribution >= 4 is 29.3 Å². The molecule has 0 atom stereocenters. The first kappa shape index (κ1) is 26.8. The van der Waals surface area contributed by atoms with Crippen molar-refractivity contribution in [3.05, 3.63) is 93.0 Å². The Labute approximate surface area is 225 Å². The highest BCUT2D eigenvalue weighted by Gasteiger charge is 2.13. The highest BCUT2D eigenvalue weighted by Crippen LogP contribution is 2.33. The van der Waals surface area contributed by atoms with Crippen LogP contribution in [0, 0.1) is 20.8 Å². The maximum Gasteiger partial charge on any atom is 0.138 e. The Bertz CT molecular complexity index is 1220. The normalized spacial score (nSPS) is 14.5. The summed E-state index contributed by atoms with van der Waals surface area (Å²) in [7, 11) is 0. The standard InChI is InChI=1S/C31H35Cl2NO2/c1-22-18-31(30(33)19-27(22)20-32)36-21-26-10-7-12-29(24(26)3)28-11-6-9-25(23(28)2)8-4-5-13-34-14-16-35-17-15-34/h4,6-12,18-19H,5,13-17,20-21H2,1-3H3. The van der Waals surface area contributed by atoms with Crippen molar-refractivity contribution in [3.63, 3.8) is 0 Å². The predicted octanol–water partition coefficient (Wildman–Crippen LogP) is 7.99. The molecule has 1 heterocycles. The third-order valence-corrected chi connectivity index (χ3v) is 7.63. The Hall–Kier alpha value is -2.30. The van der Waals surface area contributed by atoms with E-state index in [-0.39, 0.29) is 0 Å². The number of rotatable bonds is 9. The molecule has 0 saturated carbocycles. The first-order valence-electron chi connectivity index (χ1n) is 12.6. The second kappa shape index (κ2) is 12.8. The lowest BCUT2D eigenvalue weighted by atomic mass is 9.91. The minimum absolute atomic E-state index is 0.439. The third kappa shape index (κ3) is 6.52. The fourth-order valence-corrected chi connectivity index (χ4v) is 5.18. The maximum atomic E-state index is 6.45. The zero-order valence-electron chi connectivity index (χ0n) is 21.4. The van der Waals surface area contributed by atoms with Crippen molar-refractivity contribution in [3.8, 4) is 16.9 Å². The number of alkyl halides is 1. The van der Waals surface area contributed by atoms with E-state index in [1.165, 1.54) is 27.8 Å². The van der Waals surface area contributed by atoms with Crippen LogP contribution in [0.15, 0.2) is 54.6 Å². The third-order valence-electron chi connectivity index (χ3n) is 7.04. The monoisotopic (exact) mass is 523 g/mol. The average Bonchev–Trinajstić information content (AvgIpc) is 2.89. The molecule has 4 rings (SSSR count). The molecule has 1 saturated heterocycles. The van der Waals surface area contributed by atoms with E-state index >= 15 is 0 Å². The maximum absolute atomic E-state index is 6.45. The van der Waals surface area contributed by atoms with Crippen LogP contribution in [-0.4, -0.2) is 37.7 Å². The van der Waals surface area contributed by atoms with Crippen LogP contribution in [0.25, 0.3) is 17.2 Å². The van der Waals surface area contributed by atoms with Gasteiger partial charge in [-0.15, -0.1) is 11.6 Å². The molecular formula is C31H35Cl2NO2. The number of morpholine rings is 1. The van der Waals surface area contributed by atoms with Crippen LogP contribution >= 0.6 is 23.2 Å². The summed E-state index contributed by atoms with van der Waals surface area (Å²) in [6.45, 7) is 11.7. The molecule has 0 aliphatic carbocycles. The van der Waals surface area contributed by atoms with Crippen LogP contribution in [0.3, 0.4) is 0 Å². The van der Waals surface area contributed by atoms with Crippen molar-refractivity contribution in [1.29, 1.82) is 0 Å². The van der Waals surface area contributed by atoms with Gasteiger partial charge in [-0.1, -0.05) is 60.2 Å². The van der Waals surface area contributed by atoms with Gasteiger partial charge in [0.15, 0.2) is 0 Å². The molecule has 3 nitrogen and oxygen atoms in total. The molecular weight excluding hydrogens is 489 g/mol. The number of halogens is 2. The minimum atomic E-state index is 0.439. The Balaban J connectivity index is 1.48. The van der Waals surface area contributed by atoms with E-state index < -0.39 is 0 Å².